The lowest BCUT2D eigenvalue weighted by Gasteiger charge is -2.27. The van der Waals surface area contributed by atoms with E-state index in [1.807, 2.05) is 11.8 Å². The van der Waals surface area contributed by atoms with Crippen LogP contribution in [0.1, 0.15) is 45.4 Å². The van der Waals surface area contributed by atoms with Gasteiger partial charge in [0.2, 0.25) is 0 Å². The van der Waals surface area contributed by atoms with Crippen LogP contribution in [-0.4, -0.2) is 28.1 Å². The van der Waals surface area contributed by atoms with Crippen LogP contribution in [0.4, 0.5) is 0 Å². The van der Waals surface area contributed by atoms with E-state index in [0.717, 1.165) is 16.9 Å². The third kappa shape index (κ3) is 4.74. The maximum atomic E-state index is 10.5. The van der Waals surface area contributed by atoms with Gasteiger partial charge in [-0.1, -0.05) is 13.3 Å². The summed E-state index contributed by atoms with van der Waals surface area (Å²) >= 11 is 1.91. The lowest BCUT2D eigenvalue weighted by Crippen LogP contribution is -2.30. The molecule has 1 saturated carbocycles. The molecule has 1 aliphatic rings. The standard InChI is InChI=1S/C12H23NO2S/c1-2-9-3-5-10(6-4-9)16-8-7-11(13)12(14)15/h9-11H,2-8,13H2,1H3,(H,14,15). The van der Waals surface area contributed by atoms with Crippen LogP contribution in [-0.2, 0) is 4.79 Å². The van der Waals surface area contributed by atoms with Gasteiger partial charge in [-0.15, -0.1) is 0 Å². The topological polar surface area (TPSA) is 63.3 Å². The highest BCUT2D eigenvalue weighted by Crippen LogP contribution is 2.33. The molecule has 0 spiro atoms. The quantitative estimate of drug-likeness (QED) is 0.754. The number of thioether (sulfide) groups is 1. The van der Waals surface area contributed by atoms with Gasteiger partial charge in [-0.05, 0) is 43.8 Å². The van der Waals surface area contributed by atoms with Gasteiger partial charge in [0.05, 0.1) is 0 Å². The molecule has 1 unspecified atom stereocenters. The van der Waals surface area contributed by atoms with E-state index in [4.69, 9.17) is 10.8 Å². The first-order valence-electron chi connectivity index (χ1n) is 6.23. The summed E-state index contributed by atoms with van der Waals surface area (Å²) < 4.78 is 0. The van der Waals surface area contributed by atoms with Crippen molar-refractivity contribution < 1.29 is 9.90 Å². The third-order valence-electron chi connectivity index (χ3n) is 3.47. The molecule has 0 bridgehead atoms. The highest BCUT2D eigenvalue weighted by molar-refractivity contribution is 7.99. The fourth-order valence-corrected chi connectivity index (χ4v) is 3.52. The minimum absolute atomic E-state index is 0.591. The predicted molar refractivity (Wildman–Crippen MR) is 68.7 cm³/mol. The van der Waals surface area contributed by atoms with Crippen molar-refractivity contribution in [2.24, 2.45) is 11.7 Å². The van der Waals surface area contributed by atoms with Crippen LogP contribution in [0.2, 0.25) is 0 Å². The second-order valence-electron chi connectivity index (χ2n) is 4.66. The number of carbonyl (C=O) groups is 1. The molecule has 0 aliphatic heterocycles. The summed E-state index contributed by atoms with van der Waals surface area (Å²) in [6.45, 7) is 2.27. The molecular formula is C12H23NO2S. The van der Waals surface area contributed by atoms with E-state index in [2.05, 4.69) is 6.92 Å². The molecule has 0 aromatic rings. The van der Waals surface area contributed by atoms with Crippen LogP contribution in [0, 0.1) is 5.92 Å². The summed E-state index contributed by atoms with van der Waals surface area (Å²) in [4.78, 5) is 10.5. The van der Waals surface area contributed by atoms with E-state index in [9.17, 15) is 4.79 Å². The van der Waals surface area contributed by atoms with Crippen molar-refractivity contribution in [1.29, 1.82) is 0 Å². The summed E-state index contributed by atoms with van der Waals surface area (Å²) in [5.74, 6) is 0.933. The zero-order valence-electron chi connectivity index (χ0n) is 10.0. The van der Waals surface area contributed by atoms with E-state index in [1.54, 1.807) is 0 Å². The normalized spacial score (nSPS) is 27.6. The van der Waals surface area contributed by atoms with Gasteiger partial charge in [-0.2, -0.15) is 11.8 Å². The Morgan fingerprint density at radius 1 is 1.44 bits per heavy atom. The Hall–Kier alpha value is -0.220. The highest BCUT2D eigenvalue weighted by atomic mass is 32.2. The lowest BCUT2D eigenvalue weighted by molar-refractivity contribution is -0.138. The summed E-state index contributed by atoms with van der Waals surface area (Å²) in [7, 11) is 0. The van der Waals surface area contributed by atoms with Gasteiger partial charge < -0.3 is 10.8 Å². The molecular weight excluding hydrogens is 222 g/mol. The summed E-state index contributed by atoms with van der Waals surface area (Å²) in [5, 5.41) is 9.39. The average molecular weight is 245 g/mol. The molecule has 1 aliphatic carbocycles. The first-order chi connectivity index (χ1) is 7.63. The third-order valence-corrected chi connectivity index (χ3v) is 4.88. The molecule has 4 heteroatoms. The number of hydrogen-bond donors (Lipinski definition) is 2. The van der Waals surface area contributed by atoms with E-state index < -0.39 is 12.0 Å². The second kappa shape index (κ2) is 7.17. The fraction of sp³-hybridized carbons (Fsp3) is 0.917. The van der Waals surface area contributed by atoms with Gasteiger partial charge >= 0.3 is 5.97 Å². The Labute approximate surface area is 102 Å². The molecule has 1 atom stereocenters. The average Bonchev–Trinajstić information content (AvgIpc) is 2.29. The van der Waals surface area contributed by atoms with Gasteiger partial charge in [0.15, 0.2) is 0 Å². The van der Waals surface area contributed by atoms with Gasteiger partial charge in [0.1, 0.15) is 6.04 Å². The Bertz CT molecular complexity index is 215. The Morgan fingerprint density at radius 3 is 2.56 bits per heavy atom. The van der Waals surface area contributed by atoms with Crippen LogP contribution >= 0.6 is 11.8 Å². The van der Waals surface area contributed by atoms with Crippen LogP contribution in [0.5, 0.6) is 0 Å². The van der Waals surface area contributed by atoms with Crippen LogP contribution in [0.15, 0.2) is 0 Å². The van der Waals surface area contributed by atoms with E-state index in [-0.39, 0.29) is 0 Å². The zero-order chi connectivity index (χ0) is 12.0. The zero-order valence-corrected chi connectivity index (χ0v) is 10.8. The Kier molecular flexibility index (Phi) is 6.21. The molecule has 1 rings (SSSR count). The molecule has 0 amide bonds. The minimum Gasteiger partial charge on any atom is -0.480 e. The number of hydrogen-bond acceptors (Lipinski definition) is 3. The number of aliphatic carboxylic acids is 1. The molecule has 0 aromatic heterocycles. The van der Waals surface area contributed by atoms with Gasteiger partial charge in [-0.25, -0.2) is 0 Å². The molecule has 3 nitrogen and oxygen atoms in total. The maximum absolute atomic E-state index is 10.5. The van der Waals surface area contributed by atoms with Crippen molar-refractivity contribution in [2.75, 3.05) is 5.75 Å². The van der Waals surface area contributed by atoms with Crippen molar-refractivity contribution in [3.63, 3.8) is 0 Å². The maximum Gasteiger partial charge on any atom is 0.320 e. The molecule has 3 N–H and O–H groups in total. The van der Waals surface area contributed by atoms with E-state index in [0.29, 0.717) is 6.42 Å². The molecule has 0 saturated heterocycles. The number of rotatable bonds is 6. The molecule has 1 fully saturated rings. The summed E-state index contributed by atoms with van der Waals surface area (Å²) in [6.07, 6.45) is 7.18. The Morgan fingerprint density at radius 2 is 2.06 bits per heavy atom. The Balaban J connectivity index is 2.08. The van der Waals surface area contributed by atoms with Crippen molar-refractivity contribution in [3.05, 3.63) is 0 Å². The molecule has 0 radical (unpaired) electrons. The first-order valence-corrected chi connectivity index (χ1v) is 7.28. The van der Waals surface area contributed by atoms with E-state index in [1.165, 1.54) is 32.1 Å². The minimum atomic E-state index is -0.879. The number of carboxylic acid groups (broad SMARTS) is 1. The number of nitrogens with two attached hydrogens (primary N) is 1. The van der Waals surface area contributed by atoms with Crippen molar-refractivity contribution >= 4 is 17.7 Å². The molecule has 0 aromatic carbocycles. The van der Waals surface area contributed by atoms with Crippen molar-refractivity contribution in [1.82, 2.24) is 0 Å². The van der Waals surface area contributed by atoms with Crippen LogP contribution in [0.25, 0.3) is 0 Å². The summed E-state index contributed by atoms with van der Waals surface area (Å²) in [6, 6.07) is -0.681. The van der Waals surface area contributed by atoms with E-state index >= 15 is 0 Å². The van der Waals surface area contributed by atoms with Gasteiger partial charge in [0.25, 0.3) is 0 Å². The van der Waals surface area contributed by atoms with Crippen LogP contribution in [0.3, 0.4) is 0 Å². The SMILES string of the molecule is CCC1CCC(SCCC(N)C(=O)O)CC1. The number of carboxylic acids is 1. The van der Waals surface area contributed by atoms with Crippen molar-refractivity contribution in [2.45, 2.75) is 56.7 Å². The fourth-order valence-electron chi connectivity index (χ4n) is 2.19. The monoisotopic (exact) mass is 245 g/mol. The predicted octanol–water partition coefficient (Wildman–Crippen LogP) is 2.49. The first kappa shape index (κ1) is 13.8. The molecule has 94 valence electrons. The summed E-state index contributed by atoms with van der Waals surface area (Å²) in [5.41, 5.74) is 5.46. The second-order valence-corrected chi connectivity index (χ2v) is 6.06. The smallest absolute Gasteiger partial charge is 0.320 e. The molecule has 16 heavy (non-hydrogen) atoms. The lowest BCUT2D eigenvalue weighted by atomic mass is 9.87. The van der Waals surface area contributed by atoms with Crippen molar-refractivity contribution in [3.8, 4) is 0 Å². The van der Waals surface area contributed by atoms with Crippen LogP contribution < -0.4 is 5.73 Å². The highest BCUT2D eigenvalue weighted by Gasteiger charge is 2.20. The largest absolute Gasteiger partial charge is 0.480 e. The molecule has 0 heterocycles. The van der Waals surface area contributed by atoms with Gasteiger partial charge in [-0.3, -0.25) is 4.79 Å². The van der Waals surface area contributed by atoms with Gasteiger partial charge in [0, 0.05) is 5.25 Å².